The van der Waals surface area contributed by atoms with E-state index in [4.69, 9.17) is 14.6 Å². The highest BCUT2D eigenvalue weighted by Crippen LogP contribution is 2.58. The van der Waals surface area contributed by atoms with E-state index < -0.39 is 17.2 Å². The molecule has 0 aromatic rings. The highest BCUT2D eigenvalue weighted by atomic mass is 16.7. The minimum absolute atomic E-state index is 0.419. The minimum atomic E-state index is -0.890. The zero-order valence-corrected chi connectivity index (χ0v) is 6.88. The Hall–Kier alpha value is -0.610. The zero-order valence-electron chi connectivity index (χ0n) is 6.88. The molecule has 0 aliphatic heterocycles. The third-order valence-corrected chi connectivity index (χ3v) is 2.43. The SMILES string of the molecule is COC1(OC)CC1(C)C(=O)O. The molecule has 0 radical (unpaired) electrons. The summed E-state index contributed by atoms with van der Waals surface area (Å²) in [6, 6.07) is 0. The fraction of sp³-hybridized carbons (Fsp3) is 0.857. The number of aliphatic carboxylic acids is 1. The quantitative estimate of drug-likeness (QED) is 0.610. The molecule has 1 N–H and O–H groups in total. The highest BCUT2D eigenvalue weighted by molar-refractivity contribution is 5.79. The molecule has 1 aliphatic carbocycles. The molecule has 1 fully saturated rings. The molecule has 0 amide bonds. The summed E-state index contributed by atoms with van der Waals surface area (Å²) in [5.74, 6) is -1.76. The topological polar surface area (TPSA) is 55.8 Å². The van der Waals surface area contributed by atoms with Crippen LogP contribution in [0.5, 0.6) is 0 Å². The Kier molecular flexibility index (Phi) is 1.69. The lowest BCUT2D eigenvalue weighted by molar-refractivity contribution is -0.174. The molecule has 0 aromatic heterocycles. The summed E-state index contributed by atoms with van der Waals surface area (Å²) < 4.78 is 9.94. The first kappa shape index (κ1) is 8.49. The normalized spacial score (nSPS) is 33.4. The fourth-order valence-electron chi connectivity index (χ4n) is 1.34. The van der Waals surface area contributed by atoms with Gasteiger partial charge in [0.2, 0.25) is 0 Å². The van der Waals surface area contributed by atoms with Gasteiger partial charge in [-0.25, -0.2) is 0 Å². The van der Waals surface area contributed by atoms with Crippen molar-refractivity contribution in [2.45, 2.75) is 19.1 Å². The fourth-order valence-corrected chi connectivity index (χ4v) is 1.34. The Balaban J connectivity index is 2.76. The lowest BCUT2D eigenvalue weighted by Crippen LogP contribution is -2.28. The number of hydrogen-bond donors (Lipinski definition) is 1. The first-order valence-corrected chi connectivity index (χ1v) is 3.36. The zero-order chi connectivity index (χ0) is 8.70. The van der Waals surface area contributed by atoms with E-state index >= 15 is 0 Å². The van der Waals surface area contributed by atoms with Crippen molar-refractivity contribution in [2.75, 3.05) is 14.2 Å². The van der Waals surface area contributed by atoms with Crippen LogP contribution in [0.15, 0.2) is 0 Å². The van der Waals surface area contributed by atoms with E-state index in [1.165, 1.54) is 14.2 Å². The van der Waals surface area contributed by atoms with Gasteiger partial charge in [0.15, 0.2) is 5.79 Å². The molecule has 4 nitrogen and oxygen atoms in total. The van der Waals surface area contributed by atoms with Crippen LogP contribution in [0.25, 0.3) is 0 Å². The molecule has 1 saturated carbocycles. The van der Waals surface area contributed by atoms with E-state index in [9.17, 15) is 4.79 Å². The van der Waals surface area contributed by atoms with E-state index in [1.54, 1.807) is 6.92 Å². The third-order valence-electron chi connectivity index (χ3n) is 2.43. The van der Waals surface area contributed by atoms with Crippen LogP contribution < -0.4 is 0 Å². The second-order valence-corrected chi connectivity index (χ2v) is 2.98. The van der Waals surface area contributed by atoms with Crippen LogP contribution in [0.2, 0.25) is 0 Å². The van der Waals surface area contributed by atoms with Crippen LogP contribution in [-0.2, 0) is 14.3 Å². The number of carboxylic acids is 1. The van der Waals surface area contributed by atoms with Gasteiger partial charge in [-0.2, -0.15) is 0 Å². The molecule has 0 saturated heterocycles. The van der Waals surface area contributed by atoms with E-state index in [1.807, 2.05) is 0 Å². The number of ether oxygens (including phenoxy) is 2. The summed E-state index contributed by atoms with van der Waals surface area (Å²) in [5.41, 5.74) is -0.865. The van der Waals surface area contributed by atoms with Gasteiger partial charge in [0.05, 0.1) is 0 Å². The summed E-state index contributed by atoms with van der Waals surface area (Å²) in [5, 5.41) is 8.75. The van der Waals surface area contributed by atoms with Crippen molar-refractivity contribution in [3.05, 3.63) is 0 Å². The van der Waals surface area contributed by atoms with Crippen molar-refractivity contribution >= 4 is 5.97 Å². The van der Waals surface area contributed by atoms with Crippen molar-refractivity contribution < 1.29 is 19.4 Å². The summed E-state index contributed by atoms with van der Waals surface area (Å²) >= 11 is 0. The maximum Gasteiger partial charge on any atom is 0.315 e. The first-order valence-electron chi connectivity index (χ1n) is 3.36. The van der Waals surface area contributed by atoms with Crippen LogP contribution in [-0.4, -0.2) is 31.1 Å². The number of hydrogen-bond acceptors (Lipinski definition) is 3. The molecule has 1 atom stereocenters. The molecule has 0 heterocycles. The molecule has 1 rings (SSSR count). The lowest BCUT2D eigenvalue weighted by atomic mass is 10.1. The van der Waals surface area contributed by atoms with Gasteiger partial charge in [0.25, 0.3) is 0 Å². The summed E-state index contributed by atoms with van der Waals surface area (Å²) in [6.45, 7) is 1.61. The van der Waals surface area contributed by atoms with Crippen molar-refractivity contribution in [1.82, 2.24) is 0 Å². The van der Waals surface area contributed by atoms with Gasteiger partial charge in [-0.15, -0.1) is 0 Å². The largest absolute Gasteiger partial charge is 0.481 e. The van der Waals surface area contributed by atoms with Gasteiger partial charge >= 0.3 is 5.97 Å². The molecule has 11 heavy (non-hydrogen) atoms. The Bertz CT molecular complexity index is 185. The third kappa shape index (κ3) is 0.862. The first-order chi connectivity index (χ1) is 5.02. The second kappa shape index (κ2) is 2.19. The van der Waals surface area contributed by atoms with Crippen LogP contribution >= 0.6 is 0 Å². The Morgan fingerprint density at radius 3 is 2.00 bits per heavy atom. The van der Waals surface area contributed by atoms with Gasteiger partial charge in [0, 0.05) is 20.6 Å². The standard InChI is InChI=1S/C7H12O4/c1-6(5(8)9)4-7(6,10-2)11-3/h4H2,1-3H3,(H,8,9). The second-order valence-electron chi connectivity index (χ2n) is 2.98. The summed E-state index contributed by atoms with van der Waals surface area (Å²) in [4.78, 5) is 10.7. The van der Waals surface area contributed by atoms with Gasteiger partial charge < -0.3 is 14.6 Å². The van der Waals surface area contributed by atoms with Gasteiger partial charge in [0.1, 0.15) is 5.41 Å². The number of carboxylic acid groups (broad SMARTS) is 1. The molecule has 0 aromatic carbocycles. The maximum absolute atomic E-state index is 10.7. The monoisotopic (exact) mass is 160 g/mol. The highest BCUT2D eigenvalue weighted by Gasteiger charge is 2.72. The Morgan fingerprint density at radius 1 is 1.45 bits per heavy atom. The predicted molar refractivity (Wildman–Crippen MR) is 37.1 cm³/mol. The molecule has 0 spiro atoms. The average Bonchev–Trinajstić information content (AvgIpc) is 2.59. The number of rotatable bonds is 3. The van der Waals surface area contributed by atoms with E-state index in [0.29, 0.717) is 6.42 Å². The molecule has 0 bridgehead atoms. The van der Waals surface area contributed by atoms with E-state index in [0.717, 1.165) is 0 Å². The van der Waals surface area contributed by atoms with Crippen LogP contribution in [0.3, 0.4) is 0 Å². The van der Waals surface area contributed by atoms with Crippen molar-refractivity contribution in [2.24, 2.45) is 5.41 Å². The molecular weight excluding hydrogens is 148 g/mol. The average molecular weight is 160 g/mol. The lowest BCUT2D eigenvalue weighted by Gasteiger charge is -2.16. The molecule has 64 valence electrons. The van der Waals surface area contributed by atoms with Crippen molar-refractivity contribution in [1.29, 1.82) is 0 Å². The van der Waals surface area contributed by atoms with Crippen molar-refractivity contribution in [3.63, 3.8) is 0 Å². The van der Waals surface area contributed by atoms with Gasteiger partial charge in [-0.05, 0) is 6.92 Å². The van der Waals surface area contributed by atoms with E-state index in [2.05, 4.69) is 0 Å². The molecule has 1 aliphatic rings. The molecule has 1 unspecified atom stereocenters. The van der Waals surface area contributed by atoms with Crippen LogP contribution in [0.4, 0.5) is 0 Å². The van der Waals surface area contributed by atoms with Crippen LogP contribution in [0.1, 0.15) is 13.3 Å². The Labute approximate surface area is 65.1 Å². The molecular formula is C7H12O4. The van der Waals surface area contributed by atoms with Gasteiger partial charge in [-0.3, -0.25) is 4.79 Å². The maximum atomic E-state index is 10.7. The molecule has 4 heteroatoms. The Morgan fingerprint density at radius 2 is 1.91 bits per heavy atom. The smallest absolute Gasteiger partial charge is 0.315 e. The summed E-state index contributed by atoms with van der Waals surface area (Å²) in [6.07, 6.45) is 0.419. The van der Waals surface area contributed by atoms with Crippen molar-refractivity contribution in [3.8, 4) is 0 Å². The van der Waals surface area contributed by atoms with Crippen LogP contribution in [0, 0.1) is 5.41 Å². The summed E-state index contributed by atoms with van der Waals surface area (Å²) in [7, 11) is 2.91. The number of carbonyl (C=O) groups is 1. The van der Waals surface area contributed by atoms with E-state index in [-0.39, 0.29) is 0 Å². The predicted octanol–water partition coefficient (Wildman–Crippen LogP) is 0.470. The van der Waals surface area contributed by atoms with Gasteiger partial charge in [-0.1, -0.05) is 0 Å². The minimum Gasteiger partial charge on any atom is -0.481 e. The number of methoxy groups -OCH3 is 2.